The van der Waals surface area contributed by atoms with Crippen LogP contribution in [-0.4, -0.2) is 19.4 Å². The van der Waals surface area contributed by atoms with Crippen LogP contribution >= 0.6 is 0 Å². The zero-order chi connectivity index (χ0) is 15.7. The first-order chi connectivity index (χ1) is 11.3. The molecule has 0 bridgehead atoms. The number of nitrogens with zero attached hydrogens (tertiary/aromatic N) is 1. The van der Waals surface area contributed by atoms with Gasteiger partial charge in [-0.25, -0.2) is 0 Å². The molecule has 1 fully saturated rings. The summed E-state index contributed by atoms with van der Waals surface area (Å²) in [5.41, 5.74) is 3.37. The van der Waals surface area contributed by atoms with Gasteiger partial charge in [0.1, 0.15) is 5.75 Å². The molecule has 3 nitrogen and oxygen atoms in total. The Labute approximate surface area is 137 Å². The topological polar surface area (TPSA) is 21.7 Å². The third-order valence-electron chi connectivity index (χ3n) is 4.76. The summed E-state index contributed by atoms with van der Waals surface area (Å²) < 4.78 is 11.7. The molecule has 0 aromatic heterocycles. The molecule has 0 aliphatic carbocycles. The Morgan fingerprint density at radius 1 is 1.17 bits per heavy atom. The minimum Gasteiger partial charge on any atom is -0.497 e. The van der Waals surface area contributed by atoms with Gasteiger partial charge in [-0.1, -0.05) is 36.4 Å². The van der Waals surface area contributed by atoms with Gasteiger partial charge in [0.2, 0.25) is 0 Å². The molecule has 0 radical (unpaired) electrons. The van der Waals surface area contributed by atoms with Gasteiger partial charge in [-0.05, 0) is 36.3 Å². The molecule has 0 N–H and O–H groups in total. The standard InChI is InChI=1S/C20H21NO2/c1-22-18-8-9-19-17(14-18)15-23-20(11-5-13-21(19)20)12-10-16-6-3-2-4-7-16/h2-4,6-10,12,14H,5,11,13,15H2,1H3/b12-10+. The number of methoxy groups -OCH3 is 1. The van der Waals surface area contributed by atoms with Crippen LogP contribution in [0.15, 0.2) is 54.6 Å². The number of fused-ring (bicyclic) bond motifs is 3. The SMILES string of the molecule is COc1ccc2c(c1)COC1(/C=C/c3ccccc3)CCCN21. The van der Waals surface area contributed by atoms with Gasteiger partial charge in [0.05, 0.1) is 13.7 Å². The number of hydrogen-bond donors (Lipinski definition) is 0. The molecular formula is C20H21NO2. The van der Waals surface area contributed by atoms with E-state index in [2.05, 4.69) is 53.5 Å². The summed E-state index contributed by atoms with van der Waals surface area (Å²) in [6.07, 6.45) is 6.57. The van der Waals surface area contributed by atoms with Crippen LogP contribution in [-0.2, 0) is 11.3 Å². The Morgan fingerprint density at radius 3 is 2.87 bits per heavy atom. The molecular weight excluding hydrogens is 286 g/mol. The van der Waals surface area contributed by atoms with Crippen molar-refractivity contribution in [2.45, 2.75) is 25.2 Å². The molecule has 1 atom stereocenters. The lowest BCUT2D eigenvalue weighted by atomic mass is 10.0. The van der Waals surface area contributed by atoms with Crippen molar-refractivity contribution in [3.05, 3.63) is 65.7 Å². The van der Waals surface area contributed by atoms with E-state index in [9.17, 15) is 0 Å². The lowest BCUT2D eigenvalue weighted by molar-refractivity contribution is -0.0210. The summed E-state index contributed by atoms with van der Waals surface area (Å²) in [6.45, 7) is 1.65. The summed E-state index contributed by atoms with van der Waals surface area (Å²) in [4.78, 5) is 2.39. The molecule has 118 valence electrons. The predicted molar refractivity (Wildman–Crippen MR) is 92.6 cm³/mol. The summed E-state index contributed by atoms with van der Waals surface area (Å²) in [5.74, 6) is 0.888. The van der Waals surface area contributed by atoms with Crippen LogP contribution in [0.25, 0.3) is 6.08 Å². The Bertz CT molecular complexity index is 726. The van der Waals surface area contributed by atoms with E-state index < -0.39 is 0 Å². The van der Waals surface area contributed by atoms with E-state index in [1.54, 1.807) is 7.11 Å². The Hall–Kier alpha value is -2.26. The third kappa shape index (κ3) is 2.51. The van der Waals surface area contributed by atoms with Crippen LogP contribution in [0.3, 0.4) is 0 Å². The number of rotatable bonds is 3. The first-order valence-corrected chi connectivity index (χ1v) is 8.14. The maximum absolute atomic E-state index is 6.32. The molecule has 23 heavy (non-hydrogen) atoms. The van der Waals surface area contributed by atoms with Gasteiger partial charge in [-0.3, -0.25) is 0 Å². The van der Waals surface area contributed by atoms with Crippen LogP contribution in [0.5, 0.6) is 5.75 Å². The van der Waals surface area contributed by atoms with Crippen molar-refractivity contribution in [1.29, 1.82) is 0 Å². The van der Waals surface area contributed by atoms with E-state index in [0.29, 0.717) is 6.61 Å². The van der Waals surface area contributed by atoms with Crippen LogP contribution in [0, 0.1) is 0 Å². The van der Waals surface area contributed by atoms with Crippen molar-refractivity contribution >= 4 is 11.8 Å². The van der Waals surface area contributed by atoms with Crippen LogP contribution in [0.4, 0.5) is 5.69 Å². The van der Waals surface area contributed by atoms with Crippen LogP contribution in [0.2, 0.25) is 0 Å². The zero-order valence-electron chi connectivity index (χ0n) is 13.4. The molecule has 2 heterocycles. The second kappa shape index (κ2) is 5.74. The molecule has 2 aromatic rings. The summed E-state index contributed by atoms with van der Waals surface area (Å²) in [7, 11) is 1.70. The molecule has 1 unspecified atom stereocenters. The Kier molecular flexibility index (Phi) is 3.58. The summed E-state index contributed by atoms with van der Waals surface area (Å²) in [6, 6.07) is 16.7. The lowest BCUT2D eigenvalue weighted by Crippen LogP contribution is -2.47. The normalized spacial score (nSPS) is 22.9. The molecule has 2 aromatic carbocycles. The van der Waals surface area contributed by atoms with E-state index >= 15 is 0 Å². The van der Waals surface area contributed by atoms with Crippen molar-refractivity contribution in [2.75, 3.05) is 18.6 Å². The highest BCUT2D eigenvalue weighted by Crippen LogP contribution is 2.43. The van der Waals surface area contributed by atoms with Crippen molar-refractivity contribution in [1.82, 2.24) is 0 Å². The monoisotopic (exact) mass is 307 g/mol. The summed E-state index contributed by atoms with van der Waals surface area (Å²) >= 11 is 0. The number of hydrogen-bond acceptors (Lipinski definition) is 3. The number of anilines is 1. The Morgan fingerprint density at radius 2 is 2.04 bits per heavy atom. The van der Waals surface area contributed by atoms with Crippen molar-refractivity contribution in [3.8, 4) is 5.75 Å². The largest absolute Gasteiger partial charge is 0.497 e. The quantitative estimate of drug-likeness (QED) is 0.847. The first-order valence-electron chi connectivity index (χ1n) is 8.14. The van der Waals surface area contributed by atoms with Gasteiger partial charge in [-0.2, -0.15) is 0 Å². The van der Waals surface area contributed by atoms with Crippen LogP contribution in [0.1, 0.15) is 24.0 Å². The smallest absolute Gasteiger partial charge is 0.161 e. The van der Waals surface area contributed by atoms with E-state index in [1.807, 2.05) is 12.1 Å². The molecule has 0 spiro atoms. The minimum absolute atomic E-state index is 0.308. The molecule has 4 rings (SSSR count). The highest BCUT2D eigenvalue weighted by molar-refractivity contribution is 5.62. The fourth-order valence-corrected chi connectivity index (χ4v) is 3.57. The van der Waals surface area contributed by atoms with Gasteiger partial charge in [0.25, 0.3) is 0 Å². The van der Waals surface area contributed by atoms with Gasteiger partial charge < -0.3 is 14.4 Å². The minimum atomic E-state index is -0.308. The molecule has 2 aliphatic heterocycles. The van der Waals surface area contributed by atoms with E-state index in [1.165, 1.54) is 16.8 Å². The van der Waals surface area contributed by atoms with Gasteiger partial charge >= 0.3 is 0 Å². The summed E-state index contributed by atoms with van der Waals surface area (Å²) in [5, 5.41) is 0. The van der Waals surface area contributed by atoms with Gasteiger partial charge in [0, 0.05) is 24.2 Å². The van der Waals surface area contributed by atoms with E-state index in [4.69, 9.17) is 9.47 Å². The number of ether oxygens (including phenoxy) is 2. The number of benzene rings is 2. The van der Waals surface area contributed by atoms with Crippen molar-refractivity contribution in [3.63, 3.8) is 0 Å². The maximum atomic E-state index is 6.32. The Balaban J connectivity index is 1.67. The average Bonchev–Trinajstić information content (AvgIpc) is 3.05. The van der Waals surface area contributed by atoms with Gasteiger partial charge in [0.15, 0.2) is 5.72 Å². The van der Waals surface area contributed by atoms with E-state index in [-0.39, 0.29) is 5.72 Å². The second-order valence-corrected chi connectivity index (χ2v) is 6.13. The highest BCUT2D eigenvalue weighted by atomic mass is 16.5. The molecule has 3 heteroatoms. The third-order valence-corrected chi connectivity index (χ3v) is 4.76. The van der Waals surface area contributed by atoms with Crippen LogP contribution < -0.4 is 9.64 Å². The molecule has 0 amide bonds. The molecule has 2 aliphatic rings. The van der Waals surface area contributed by atoms with Crippen molar-refractivity contribution < 1.29 is 9.47 Å². The average molecular weight is 307 g/mol. The van der Waals surface area contributed by atoms with Gasteiger partial charge in [-0.15, -0.1) is 0 Å². The maximum Gasteiger partial charge on any atom is 0.161 e. The molecule has 0 saturated carbocycles. The fraction of sp³-hybridized carbons (Fsp3) is 0.300. The fourth-order valence-electron chi connectivity index (χ4n) is 3.57. The second-order valence-electron chi connectivity index (χ2n) is 6.13. The zero-order valence-corrected chi connectivity index (χ0v) is 13.4. The highest BCUT2D eigenvalue weighted by Gasteiger charge is 2.43. The van der Waals surface area contributed by atoms with E-state index in [0.717, 1.165) is 25.1 Å². The predicted octanol–water partition coefficient (Wildman–Crippen LogP) is 4.24. The molecule has 1 saturated heterocycles. The van der Waals surface area contributed by atoms with Crippen molar-refractivity contribution in [2.24, 2.45) is 0 Å². The first kappa shape index (κ1) is 14.3. The lowest BCUT2D eigenvalue weighted by Gasteiger charge is -2.42.